The maximum absolute atomic E-state index is 12.2. The van der Waals surface area contributed by atoms with E-state index in [9.17, 15) is 9.90 Å². The van der Waals surface area contributed by atoms with Gasteiger partial charge in [-0.25, -0.2) is 5.43 Å². The van der Waals surface area contributed by atoms with Gasteiger partial charge in [0.05, 0.1) is 23.5 Å². The molecule has 9 heteroatoms. The van der Waals surface area contributed by atoms with Gasteiger partial charge in [0, 0.05) is 16.1 Å². The van der Waals surface area contributed by atoms with Gasteiger partial charge < -0.3 is 9.84 Å². The molecule has 3 N–H and O–H groups in total. The minimum absolute atomic E-state index is 0.0523. The molecule has 28 heavy (non-hydrogen) atoms. The summed E-state index contributed by atoms with van der Waals surface area (Å²) in [4.78, 5) is 12.2. The number of ether oxygens (including phenoxy) is 1. The van der Waals surface area contributed by atoms with Gasteiger partial charge in [0.2, 0.25) is 0 Å². The molecule has 1 aromatic heterocycles. The summed E-state index contributed by atoms with van der Waals surface area (Å²) >= 11 is 12.0. The lowest BCUT2D eigenvalue weighted by Gasteiger charge is -2.07. The number of aromatic nitrogens is 2. The maximum Gasteiger partial charge on any atom is 0.289 e. The number of H-pyrrole nitrogens is 1. The highest BCUT2D eigenvalue weighted by Gasteiger charge is 2.13. The van der Waals surface area contributed by atoms with Gasteiger partial charge in [-0.2, -0.15) is 10.2 Å². The van der Waals surface area contributed by atoms with Crippen molar-refractivity contribution < 1.29 is 14.6 Å². The normalized spacial score (nSPS) is 11.0. The number of hydrogen-bond donors (Lipinski definition) is 3. The number of rotatable bonds is 6. The number of carbonyl (C=O) groups excluding carboxylic acids is 1. The lowest BCUT2D eigenvalue weighted by Crippen LogP contribution is -2.18. The molecule has 0 bridgehead atoms. The number of para-hydroxylation sites is 1. The standard InChI is InChI=1S/C19H16Cl2N4O3/c1-2-28-17-5-3-4-11(18(17)26)10-22-25-19(27)16-9-15(23-24-16)13-7-6-12(20)8-14(13)21/h3-10,26H,2H2,1H3,(H,23,24)(H,25,27)/b22-10-. The van der Waals surface area contributed by atoms with Crippen LogP contribution in [-0.2, 0) is 0 Å². The number of nitrogens with one attached hydrogen (secondary N) is 2. The van der Waals surface area contributed by atoms with Gasteiger partial charge in [0.15, 0.2) is 11.5 Å². The molecule has 7 nitrogen and oxygen atoms in total. The number of nitrogens with zero attached hydrogens (tertiary/aromatic N) is 2. The van der Waals surface area contributed by atoms with Crippen LogP contribution in [0.3, 0.4) is 0 Å². The zero-order valence-electron chi connectivity index (χ0n) is 14.7. The Morgan fingerprint density at radius 1 is 1.32 bits per heavy atom. The van der Waals surface area contributed by atoms with Crippen LogP contribution in [0.4, 0.5) is 0 Å². The number of hydrazone groups is 1. The Labute approximate surface area is 170 Å². The molecular formula is C19H16Cl2N4O3. The summed E-state index contributed by atoms with van der Waals surface area (Å²) in [5.74, 6) is -0.208. The highest BCUT2D eigenvalue weighted by molar-refractivity contribution is 6.36. The van der Waals surface area contributed by atoms with Gasteiger partial charge in [-0.3, -0.25) is 9.89 Å². The van der Waals surface area contributed by atoms with Crippen molar-refractivity contribution in [2.24, 2.45) is 5.10 Å². The van der Waals surface area contributed by atoms with Crippen LogP contribution in [0, 0.1) is 0 Å². The Morgan fingerprint density at radius 3 is 2.89 bits per heavy atom. The molecule has 1 amide bonds. The van der Waals surface area contributed by atoms with E-state index in [0.717, 1.165) is 0 Å². The summed E-state index contributed by atoms with van der Waals surface area (Å²) in [7, 11) is 0. The predicted octanol–water partition coefficient (Wildman–Crippen LogP) is 4.25. The van der Waals surface area contributed by atoms with E-state index in [0.29, 0.717) is 39.2 Å². The first-order chi connectivity index (χ1) is 13.5. The second-order valence-electron chi connectivity index (χ2n) is 5.62. The smallest absolute Gasteiger partial charge is 0.289 e. The van der Waals surface area contributed by atoms with Crippen LogP contribution in [0.25, 0.3) is 11.3 Å². The summed E-state index contributed by atoms with van der Waals surface area (Å²) in [6.45, 7) is 2.24. The van der Waals surface area contributed by atoms with Gasteiger partial charge in [-0.15, -0.1) is 0 Å². The molecule has 144 valence electrons. The monoisotopic (exact) mass is 418 g/mol. The molecule has 0 saturated heterocycles. The predicted molar refractivity (Wildman–Crippen MR) is 108 cm³/mol. The van der Waals surface area contributed by atoms with E-state index in [1.807, 2.05) is 6.92 Å². The van der Waals surface area contributed by atoms with Gasteiger partial charge in [-0.05, 0) is 43.3 Å². The van der Waals surface area contributed by atoms with Crippen LogP contribution in [-0.4, -0.2) is 34.0 Å². The molecule has 0 radical (unpaired) electrons. The number of phenols is 1. The molecule has 0 atom stereocenters. The first-order valence-electron chi connectivity index (χ1n) is 8.28. The van der Waals surface area contributed by atoms with Crippen molar-refractivity contribution in [3.63, 3.8) is 0 Å². The Bertz CT molecular complexity index is 1030. The van der Waals surface area contributed by atoms with Crippen LogP contribution in [0.15, 0.2) is 47.6 Å². The van der Waals surface area contributed by atoms with E-state index in [4.69, 9.17) is 27.9 Å². The molecule has 3 rings (SSSR count). The zero-order valence-corrected chi connectivity index (χ0v) is 16.3. The Morgan fingerprint density at radius 2 is 2.14 bits per heavy atom. The third kappa shape index (κ3) is 4.44. The van der Waals surface area contributed by atoms with E-state index in [2.05, 4.69) is 20.7 Å². The molecule has 0 saturated carbocycles. The number of hydrogen-bond acceptors (Lipinski definition) is 5. The lowest BCUT2D eigenvalue weighted by atomic mass is 10.1. The fourth-order valence-corrected chi connectivity index (χ4v) is 2.91. The zero-order chi connectivity index (χ0) is 20.1. The second kappa shape index (κ2) is 8.77. The minimum atomic E-state index is -0.500. The number of amides is 1. The van der Waals surface area contributed by atoms with E-state index < -0.39 is 5.91 Å². The van der Waals surface area contributed by atoms with Crippen LogP contribution in [0.1, 0.15) is 23.0 Å². The van der Waals surface area contributed by atoms with Crippen LogP contribution < -0.4 is 10.2 Å². The highest BCUT2D eigenvalue weighted by atomic mass is 35.5. The average Bonchev–Trinajstić information content (AvgIpc) is 3.14. The summed E-state index contributed by atoms with van der Waals surface area (Å²) in [5.41, 5.74) is 4.11. The Hall–Kier alpha value is -3.03. The molecule has 0 spiro atoms. The Balaban J connectivity index is 1.70. The number of benzene rings is 2. The van der Waals surface area contributed by atoms with Gasteiger partial charge in [0.25, 0.3) is 5.91 Å². The van der Waals surface area contributed by atoms with E-state index in [-0.39, 0.29) is 11.4 Å². The first-order valence-corrected chi connectivity index (χ1v) is 9.04. The summed E-state index contributed by atoms with van der Waals surface area (Å²) in [5, 5.41) is 21.6. The summed E-state index contributed by atoms with van der Waals surface area (Å²) < 4.78 is 5.30. The topological polar surface area (TPSA) is 99.6 Å². The van der Waals surface area contributed by atoms with Crippen LogP contribution >= 0.6 is 23.2 Å². The van der Waals surface area contributed by atoms with E-state index in [1.54, 1.807) is 42.5 Å². The van der Waals surface area contributed by atoms with Crippen molar-refractivity contribution in [1.29, 1.82) is 0 Å². The second-order valence-corrected chi connectivity index (χ2v) is 6.46. The van der Waals surface area contributed by atoms with Crippen molar-refractivity contribution in [2.45, 2.75) is 6.92 Å². The molecule has 1 heterocycles. The van der Waals surface area contributed by atoms with E-state index in [1.165, 1.54) is 6.21 Å². The molecular weight excluding hydrogens is 403 g/mol. The minimum Gasteiger partial charge on any atom is -0.504 e. The fourth-order valence-electron chi connectivity index (χ4n) is 2.41. The lowest BCUT2D eigenvalue weighted by molar-refractivity contribution is 0.0950. The van der Waals surface area contributed by atoms with Crippen molar-refractivity contribution in [3.8, 4) is 22.8 Å². The maximum atomic E-state index is 12.2. The molecule has 0 aliphatic carbocycles. The Kier molecular flexibility index (Phi) is 6.18. The SMILES string of the molecule is CCOc1cccc(/C=N\NC(=O)c2cc(-c3ccc(Cl)cc3Cl)n[nH]2)c1O. The van der Waals surface area contributed by atoms with Crippen molar-refractivity contribution in [2.75, 3.05) is 6.61 Å². The first kappa shape index (κ1) is 19.7. The van der Waals surface area contributed by atoms with Gasteiger partial charge in [-0.1, -0.05) is 29.3 Å². The van der Waals surface area contributed by atoms with Crippen molar-refractivity contribution >= 4 is 35.3 Å². The van der Waals surface area contributed by atoms with Gasteiger partial charge >= 0.3 is 0 Å². The quantitative estimate of drug-likeness (QED) is 0.411. The molecule has 0 aliphatic heterocycles. The molecule has 0 fully saturated rings. The third-order valence-corrected chi connectivity index (χ3v) is 4.28. The number of aromatic hydroxyl groups is 1. The number of aromatic amines is 1. The highest BCUT2D eigenvalue weighted by Crippen LogP contribution is 2.30. The molecule has 0 aliphatic rings. The van der Waals surface area contributed by atoms with Crippen molar-refractivity contribution in [1.82, 2.24) is 15.6 Å². The number of phenolic OH excluding ortho intramolecular Hbond substituents is 1. The fraction of sp³-hybridized carbons (Fsp3) is 0.105. The molecule has 0 unspecified atom stereocenters. The molecule has 2 aromatic carbocycles. The number of carbonyl (C=O) groups is 1. The third-order valence-electron chi connectivity index (χ3n) is 3.73. The van der Waals surface area contributed by atoms with Gasteiger partial charge in [0.1, 0.15) is 5.69 Å². The average molecular weight is 419 g/mol. The van der Waals surface area contributed by atoms with Crippen LogP contribution in [0.5, 0.6) is 11.5 Å². The van der Waals surface area contributed by atoms with Crippen molar-refractivity contribution in [3.05, 3.63) is 63.8 Å². The molecule has 3 aromatic rings. The number of halogens is 2. The summed E-state index contributed by atoms with van der Waals surface area (Å²) in [6, 6.07) is 11.5. The van der Waals surface area contributed by atoms with Crippen LogP contribution in [0.2, 0.25) is 10.0 Å². The van der Waals surface area contributed by atoms with E-state index >= 15 is 0 Å². The summed E-state index contributed by atoms with van der Waals surface area (Å²) in [6.07, 6.45) is 1.32. The largest absolute Gasteiger partial charge is 0.504 e.